The molecule has 2 aliphatic rings. The topological polar surface area (TPSA) is 42.2 Å². The second kappa shape index (κ2) is 7.08. The van der Waals surface area contributed by atoms with Crippen molar-refractivity contribution >= 4 is 5.65 Å². The molecule has 1 saturated heterocycles. The quantitative estimate of drug-likeness (QED) is 0.819. The highest BCUT2D eigenvalue weighted by Gasteiger charge is 2.42. The van der Waals surface area contributed by atoms with Crippen molar-refractivity contribution in [2.24, 2.45) is 5.92 Å². The van der Waals surface area contributed by atoms with Crippen LogP contribution in [0.15, 0.2) is 12.1 Å². The first-order valence-corrected chi connectivity index (χ1v) is 10.00. The molecule has 3 heterocycles. The van der Waals surface area contributed by atoms with Crippen LogP contribution in [0.3, 0.4) is 0 Å². The molecule has 0 radical (unpaired) electrons. The minimum absolute atomic E-state index is 0.0976. The van der Waals surface area contributed by atoms with Crippen molar-refractivity contribution < 1.29 is 13.2 Å². The van der Waals surface area contributed by atoms with Crippen LogP contribution in [0, 0.1) is 12.8 Å². The first kappa shape index (κ1) is 18.7. The van der Waals surface area contributed by atoms with Crippen molar-refractivity contribution in [1.82, 2.24) is 19.9 Å². The Morgan fingerprint density at radius 2 is 1.85 bits per heavy atom. The molecule has 2 atom stereocenters. The Morgan fingerprint density at radius 1 is 1.11 bits per heavy atom. The first-order chi connectivity index (χ1) is 12.8. The molecule has 1 saturated carbocycles. The minimum Gasteiger partial charge on any atom is -0.314 e. The maximum Gasteiger partial charge on any atom is 0.391 e. The van der Waals surface area contributed by atoms with Crippen molar-refractivity contribution in [3.63, 3.8) is 0 Å². The third-order valence-electron chi connectivity index (χ3n) is 6.35. The van der Waals surface area contributed by atoms with E-state index in [4.69, 9.17) is 5.10 Å². The zero-order valence-electron chi connectivity index (χ0n) is 15.9. The number of piperidine rings is 1. The highest BCUT2D eigenvalue weighted by atomic mass is 19.4. The van der Waals surface area contributed by atoms with Crippen LogP contribution in [0.2, 0.25) is 0 Å². The van der Waals surface area contributed by atoms with Gasteiger partial charge in [0.05, 0.1) is 17.3 Å². The number of nitrogens with one attached hydrogen (secondary N) is 1. The molecule has 1 aliphatic carbocycles. The molecule has 0 aromatic carbocycles. The predicted octanol–water partition coefficient (Wildman–Crippen LogP) is 4.73. The second-order valence-corrected chi connectivity index (χ2v) is 8.24. The Morgan fingerprint density at radius 3 is 2.52 bits per heavy atom. The standard InChI is InChI=1S/C20H27F3N4/c1-12-10-18(16-4-3-9-24-13(16)2)27-19(25-12)11-17(26-27)14-5-7-15(8-6-14)20(21,22)23/h10-11,13-16,24H,3-9H2,1-2H3/t13-,14-,15-,16+/m1/s1. The number of nitrogens with zero attached hydrogens (tertiary/aromatic N) is 3. The molecule has 2 fully saturated rings. The zero-order chi connectivity index (χ0) is 19.2. The average Bonchev–Trinajstić information content (AvgIpc) is 3.05. The summed E-state index contributed by atoms with van der Waals surface area (Å²) in [4.78, 5) is 4.63. The molecule has 1 N–H and O–H groups in total. The fourth-order valence-corrected chi connectivity index (χ4v) is 4.77. The SMILES string of the molecule is Cc1cc([C@H]2CCCN[C@@H]2C)n2nc([C@H]3CC[C@H](C(F)(F)F)CC3)cc2n1. The van der Waals surface area contributed by atoms with Crippen LogP contribution in [0.5, 0.6) is 0 Å². The number of hydrogen-bond donors (Lipinski definition) is 1. The number of hydrogen-bond acceptors (Lipinski definition) is 3. The summed E-state index contributed by atoms with van der Waals surface area (Å²) in [5.74, 6) is -0.687. The number of halogens is 3. The summed E-state index contributed by atoms with van der Waals surface area (Å²) in [6.45, 7) is 5.23. The molecule has 148 valence electrons. The molecular weight excluding hydrogens is 353 g/mol. The van der Waals surface area contributed by atoms with E-state index in [1.54, 1.807) is 0 Å². The maximum atomic E-state index is 12.9. The summed E-state index contributed by atoms with van der Waals surface area (Å²) in [6, 6.07) is 4.47. The molecular formula is C20H27F3N4. The molecule has 2 aromatic heterocycles. The molecule has 0 unspecified atom stereocenters. The molecule has 0 spiro atoms. The van der Waals surface area contributed by atoms with Gasteiger partial charge in [0.2, 0.25) is 0 Å². The summed E-state index contributed by atoms with van der Waals surface area (Å²) in [6.07, 6.45) is -0.338. The van der Waals surface area contributed by atoms with E-state index in [2.05, 4.69) is 23.3 Å². The second-order valence-electron chi connectivity index (χ2n) is 8.24. The van der Waals surface area contributed by atoms with E-state index >= 15 is 0 Å². The van der Waals surface area contributed by atoms with Crippen LogP contribution in [0.1, 0.15) is 74.4 Å². The van der Waals surface area contributed by atoms with Gasteiger partial charge in [-0.25, -0.2) is 9.50 Å². The Bertz CT molecular complexity index is 805. The molecule has 1 aliphatic heterocycles. The van der Waals surface area contributed by atoms with E-state index in [1.165, 1.54) is 0 Å². The van der Waals surface area contributed by atoms with Crippen LogP contribution >= 0.6 is 0 Å². The monoisotopic (exact) mass is 380 g/mol. The van der Waals surface area contributed by atoms with Gasteiger partial charge in [-0.2, -0.15) is 18.3 Å². The third-order valence-corrected chi connectivity index (χ3v) is 6.35. The number of alkyl halides is 3. The molecule has 2 aromatic rings. The van der Waals surface area contributed by atoms with E-state index in [-0.39, 0.29) is 18.8 Å². The van der Waals surface area contributed by atoms with Crippen LogP contribution in [-0.4, -0.2) is 33.4 Å². The Kier molecular flexibility index (Phi) is 4.91. The molecule has 4 rings (SSSR count). The van der Waals surface area contributed by atoms with Crippen LogP contribution < -0.4 is 5.32 Å². The summed E-state index contributed by atoms with van der Waals surface area (Å²) in [5.41, 5.74) is 3.83. The van der Waals surface area contributed by atoms with E-state index in [1.807, 2.05) is 17.5 Å². The summed E-state index contributed by atoms with van der Waals surface area (Å²) >= 11 is 0. The fourth-order valence-electron chi connectivity index (χ4n) is 4.77. The lowest BCUT2D eigenvalue weighted by Crippen LogP contribution is -2.38. The lowest BCUT2D eigenvalue weighted by molar-refractivity contribution is -0.182. The van der Waals surface area contributed by atoms with Gasteiger partial charge in [0.1, 0.15) is 0 Å². The predicted molar refractivity (Wildman–Crippen MR) is 97.9 cm³/mol. The highest BCUT2D eigenvalue weighted by Crippen LogP contribution is 2.42. The number of aryl methyl sites for hydroxylation is 1. The highest BCUT2D eigenvalue weighted by molar-refractivity contribution is 5.43. The van der Waals surface area contributed by atoms with Crippen molar-refractivity contribution in [2.45, 2.75) is 76.4 Å². The Hall–Kier alpha value is -1.63. The lowest BCUT2D eigenvalue weighted by Gasteiger charge is -2.30. The summed E-state index contributed by atoms with van der Waals surface area (Å²) < 4.78 is 40.8. The summed E-state index contributed by atoms with van der Waals surface area (Å²) in [5, 5.41) is 8.36. The van der Waals surface area contributed by atoms with Crippen molar-refractivity contribution in [3.05, 3.63) is 29.2 Å². The van der Waals surface area contributed by atoms with Crippen LogP contribution in [-0.2, 0) is 0 Å². The maximum absolute atomic E-state index is 12.9. The van der Waals surface area contributed by atoms with Crippen molar-refractivity contribution in [1.29, 1.82) is 0 Å². The van der Waals surface area contributed by atoms with Crippen LogP contribution in [0.25, 0.3) is 5.65 Å². The van der Waals surface area contributed by atoms with Gasteiger partial charge in [0, 0.05) is 29.6 Å². The fraction of sp³-hybridized carbons (Fsp3) is 0.700. The number of aromatic nitrogens is 3. The lowest BCUT2D eigenvalue weighted by atomic mass is 9.80. The van der Waals surface area contributed by atoms with E-state index in [0.29, 0.717) is 24.8 Å². The van der Waals surface area contributed by atoms with Gasteiger partial charge in [-0.05, 0) is 65.0 Å². The van der Waals surface area contributed by atoms with E-state index in [0.717, 1.165) is 42.1 Å². The van der Waals surface area contributed by atoms with Gasteiger partial charge >= 0.3 is 6.18 Å². The minimum atomic E-state index is -4.07. The smallest absolute Gasteiger partial charge is 0.314 e. The van der Waals surface area contributed by atoms with Gasteiger partial charge in [-0.15, -0.1) is 0 Å². The molecule has 27 heavy (non-hydrogen) atoms. The summed E-state index contributed by atoms with van der Waals surface area (Å²) in [7, 11) is 0. The molecule has 0 amide bonds. The van der Waals surface area contributed by atoms with E-state index in [9.17, 15) is 13.2 Å². The van der Waals surface area contributed by atoms with Gasteiger partial charge in [-0.3, -0.25) is 0 Å². The van der Waals surface area contributed by atoms with Crippen molar-refractivity contribution in [2.75, 3.05) is 6.54 Å². The zero-order valence-corrected chi connectivity index (χ0v) is 15.9. The first-order valence-electron chi connectivity index (χ1n) is 10.00. The van der Waals surface area contributed by atoms with Gasteiger partial charge in [0.15, 0.2) is 5.65 Å². The number of rotatable bonds is 2. The average molecular weight is 380 g/mol. The Balaban J connectivity index is 1.62. The molecule has 4 nitrogen and oxygen atoms in total. The van der Waals surface area contributed by atoms with Crippen molar-refractivity contribution in [3.8, 4) is 0 Å². The van der Waals surface area contributed by atoms with E-state index < -0.39 is 12.1 Å². The van der Waals surface area contributed by atoms with Gasteiger partial charge in [0.25, 0.3) is 0 Å². The largest absolute Gasteiger partial charge is 0.391 e. The van der Waals surface area contributed by atoms with Gasteiger partial charge < -0.3 is 5.32 Å². The van der Waals surface area contributed by atoms with Crippen LogP contribution in [0.4, 0.5) is 13.2 Å². The van der Waals surface area contributed by atoms with Gasteiger partial charge in [-0.1, -0.05) is 0 Å². The Labute approximate surface area is 157 Å². The normalized spacial score (nSPS) is 30.0. The third kappa shape index (κ3) is 3.71. The molecule has 7 heteroatoms. The number of fused-ring (bicyclic) bond motifs is 1. The molecule has 0 bridgehead atoms.